The zero-order valence-corrected chi connectivity index (χ0v) is 12.2. The molecule has 5 heteroatoms. The maximum atomic E-state index is 11.9. The number of rotatable bonds is 2. The molecule has 1 aromatic heterocycles. The monoisotopic (exact) mass is 277 g/mol. The second-order valence-electron chi connectivity index (χ2n) is 5.49. The van der Waals surface area contributed by atoms with Crippen LogP contribution in [-0.4, -0.2) is 35.7 Å². The summed E-state index contributed by atoms with van der Waals surface area (Å²) in [6.45, 7) is 2.00. The van der Waals surface area contributed by atoms with Crippen LogP contribution < -0.4 is 5.43 Å². The number of nitrogens with one attached hydrogen (secondary N) is 1. The van der Waals surface area contributed by atoms with Crippen LogP contribution in [0.1, 0.15) is 40.2 Å². The Labute approximate surface area is 117 Å². The lowest BCUT2D eigenvalue weighted by molar-refractivity contribution is 0.0958. The van der Waals surface area contributed by atoms with Gasteiger partial charge in [0.05, 0.1) is 4.88 Å². The number of hydrogen-bond donors (Lipinski definition) is 1. The number of hydrogen-bond acceptors (Lipinski definition) is 4. The minimum absolute atomic E-state index is 0.0862. The Balaban J connectivity index is 1.63. The lowest BCUT2D eigenvalue weighted by Crippen LogP contribution is -2.40. The molecule has 1 N–H and O–H groups in total. The highest BCUT2D eigenvalue weighted by atomic mass is 32.1. The molecule has 0 aliphatic carbocycles. The number of fused-ring (bicyclic) bond motifs is 2. The van der Waals surface area contributed by atoms with Gasteiger partial charge in [0, 0.05) is 35.5 Å². The topological polar surface area (TPSA) is 44.7 Å². The van der Waals surface area contributed by atoms with E-state index in [0.717, 1.165) is 28.3 Å². The molecule has 4 nitrogen and oxygen atoms in total. The van der Waals surface area contributed by atoms with Crippen LogP contribution in [-0.2, 0) is 0 Å². The second-order valence-corrected chi connectivity index (χ2v) is 6.78. The summed E-state index contributed by atoms with van der Waals surface area (Å²) in [4.78, 5) is 16.3. The van der Waals surface area contributed by atoms with E-state index in [1.807, 2.05) is 19.1 Å². The summed E-state index contributed by atoms with van der Waals surface area (Å²) in [5.41, 5.74) is 3.85. The molecule has 0 aromatic carbocycles. The summed E-state index contributed by atoms with van der Waals surface area (Å²) < 4.78 is 0. The molecular weight excluding hydrogens is 258 g/mol. The summed E-state index contributed by atoms with van der Waals surface area (Å²) in [7, 11) is 2.20. The summed E-state index contributed by atoms with van der Waals surface area (Å²) in [6.07, 6.45) is 4.52. The van der Waals surface area contributed by atoms with E-state index in [0.29, 0.717) is 12.1 Å². The van der Waals surface area contributed by atoms with E-state index in [2.05, 4.69) is 22.5 Å². The molecule has 3 heterocycles. The number of aryl methyl sites for hydroxylation is 1. The predicted octanol–water partition coefficient (Wildman–Crippen LogP) is 2.40. The summed E-state index contributed by atoms with van der Waals surface area (Å²) in [5.74, 6) is -0.0862. The maximum Gasteiger partial charge on any atom is 0.281 e. The Kier molecular flexibility index (Phi) is 3.41. The second kappa shape index (κ2) is 5.06. The van der Waals surface area contributed by atoms with Crippen LogP contribution in [0.25, 0.3) is 0 Å². The lowest BCUT2D eigenvalue weighted by atomic mass is 10.0. The van der Waals surface area contributed by atoms with Crippen molar-refractivity contribution in [1.29, 1.82) is 0 Å². The minimum Gasteiger partial charge on any atom is -0.300 e. The van der Waals surface area contributed by atoms with E-state index >= 15 is 0 Å². The molecule has 2 aliphatic heterocycles. The fraction of sp³-hybridized carbons (Fsp3) is 0.571. The molecular formula is C14H19N3OS. The van der Waals surface area contributed by atoms with Gasteiger partial charge in [0.15, 0.2) is 0 Å². The van der Waals surface area contributed by atoms with Gasteiger partial charge in [-0.3, -0.25) is 9.69 Å². The van der Waals surface area contributed by atoms with Gasteiger partial charge in [-0.2, -0.15) is 5.10 Å². The van der Waals surface area contributed by atoms with Crippen LogP contribution in [0.2, 0.25) is 0 Å². The first-order valence-corrected chi connectivity index (χ1v) is 7.59. The van der Waals surface area contributed by atoms with Crippen molar-refractivity contribution >= 4 is 23.0 Å². The normalized spacial score (nSPS) is 26.5. The highest BCUT2D eigenvalue weighted by Crippen LogP contribution is 2.32. The standard InChI is InChI=1S/C14H19N3OS/c1-9-3-6-13(19-9)14(18)16-15-10-7-11-4-5-12(8-10)17(11)2/h3,6,11-12H,4-5,7-8H2,1-2H3,(H,16,18)/t11-,12-/m0/s1. The van der Waals surface area contributed by atoms with Crippen LogP contribution in [0.3, 0.4) is 0 Å². The minimum atomic E-state index is -0.0862. The van der Waals surface area contributed by atoms with E-state index in [9.17, 15) is 4.79 Å². The van der Waals surface area contributed by atoms with Crippen molar-refractivity contribution in [2.75, 3.05) is 7.05 Å². The van der Waals surface area contributed by atoms with Crippen LogP contribution in [0, 0.1) is 6.92 Å². The van der Waals surface area contributed by atoms with E-state index in [4.69, 9.17) is 0 Å². The summed E-state index contributed by atoms with van der Waals surface area (Å²) in [6, 6.07) is 5.06. The van der Waals surface area contributed by atoms with Crippen LogP contribution in [0.4, 0.5) is 0 Å². The molecule has 1 aromatic rings. The van der Waals surface area contributed by atoms with Crippen molar-refractivity contribution in [2.45, 2.75) is 44.7 Å². The number of piperidine rings is 1. The average Bonchev–Trinajstić information content (AvgIpc) is 2.88. The van der Waals surface area contributed by atoms with E-state index in [-0.39, 0.29) is 5.91 Å². The quantitative estimate of drug-likeness (QED) is 0.844. The lowest BCUT2D eigenvalue weighted by Gasteiger charge is -2.31. The van der Waals surface area contributed by atoms with Crippen LogP contribution in [0.15, 0.2) is 17.2 Å². The summed E-state index contributed by atoms with van der Waals surface area (Å²) >= 11 is 1.51. The predicted molar refractivity (Wildman–Crippen MR) is 77.8 cm³/mol. The Bertz CT molecular complexity index is 507. The van der Waals surface area contributed by atoms with Crippen molar-refractivity contribution in [1.82, 2.24) is 10.3 Å². The van der Waals surface area contributed by atoms with Crippen molar-refractivity contribution in [2.24, 2.45) is 5.10 Å². The Morgan fingerprint density at radius 1 is 1.37 bits per heavy atom. The Morgan fingerprint density at radius 2 is 2.05 bits per heavy atom. The number of amides is 1. The van der Waals surface area contributed by atoms with Gasteiger partial charge in [-0.1, -0.05) is 0 Å². The molecule has 0 spiro atoms. The van der Waals surface area contributed by atoms with Gasteiger partial charge in [0.2, 0.25) is 0 Å². The number of carbonyl (C=O) groups is 1. The fourth-order valence-electron chi connectivity index (χ4n) is 3.04. The Hall–Kier alpha value is -1.20. The molecule has 19 heavy (non-hydrogen) atoms. The van der Waals surface area contributed by atoms with Crippen LogP contribution in [0.5, 0.6) is 0 Å². The van der Waals surface area contributed by atoms with Gasteiger partial charge in [-0.15, -0.1) is 11.3 Å². The fourth-order valence-corrected chi connectivity index (χ4v) is 3.80. The molecule has 2 aliphatic rings. The number of thiophene rings is 1. The summed E-state index contributed by atoms with van der Waals surface area (Å²) in [5, 5.41) is 4.34. The number of carbonyl (C=O) groups excluding carboxylic acids is 1. The molecule has 0 radical (unpaired) electrons. The number of nitrogens with zero attached hydrogens (tertiary/aromatic N) is 2. The molecule has 1 amide bonds. The van der Waals surface area contributed by atoms with E-state index < -0.39 is 0 Å². The van der Waals surface area contributed by atoms with Gasteiger partial charge in [-0.05, 0) is 38.9 Å². The smallest absolute Gasteiger partial charge is 0.281 e. The highest BCUT2D eigenvalue weighted by Gasteiger charge is 2.36. The SMILES string of the molecule is Cc1ccc(C(=O)NN=C2C[C@@H]3CC[C@@H](C2)N3C)s1. The first kappa shape index (κ1) is 12.8. The highest BCUT2D eigenvalue weighted by molar-refractivity contribution is 7.13. The third-order valence-corrected chi connectivity index (χ3v) is 5.21. The van der Waals surface area contributed by atoms with Gasteiger partial charge < -0.3 is 0 Å². The molecule has 0 saturated carbocycles. The molecule has 102 valence electrons. The first-order chi connectivity index (χ1) is 9.13. The van der Waals surface area contributed by atoms with Crippen molar-refractivity contribution < 1.29 is 4.79 Å². The van der Waals surface area contributed by atoms with Crippen molar-refractivity contribution in [3.8, 4) is 0 Å². The number of hydrazone groups is 1. The molecule has 2 atom stereocenters. The van der Waals surface area contributed by atoms with Gasteiger partial charge in [0.25, 0.3) is 5.91 Å². The van der Waals surface area contributed by atoms with Crippen LogP contribution >= 0.6 is 11.3 Å². The zero-order chi connectivity index (χ0) is 13.4. The van der Waals surface area contributed by atoms with Crippen molar-refractivity contribution in [3.63, 3.8) is 0 Å². The average molecular weight is 277 g/mol. The molecule has 0 unspecified atom stereocenters. The molecule has 3 rings (SSSR count). The van der Waals surface area contributed by atoms with E-state index in [1.165, 1.54) is 24.2 Å². The maximum absolute atomic E-state index is 11.9. The van der Waals surface area contributed by atoms with Gasteiger partial charge >= 0.3 is 0 Å². The van der Waals surface area contributed by atoms with E-state index in [1.54, 1.807) is 0 Å². The third-order valence-electron chi connectivity index (χ3n) is 4.21. The van der Waals surface area contributed by atoms with Gasteiger partial charge in [-0.25, -0.2) is 5.43 Å². The van der Waals surface area contributed by atoms with Crippen molar-refractivity contribution in [3.05, 3.63) is 21.9 Å². The molecule has 2 fully saturated rings. The third kappa shape index (κ3) is 2.58. The Morgan fingerprint density at radius 3 is 2.63 bits per heavy atom. The molecule has 2 bridgehead atoms. The zero-order valence-electron chi connectivity index (χ0n) is 11.3. The van der Waals surface area contributed by atoms with Gasteiger partial charge in [0.1, 0.15) is 0 Å². The first-order valence-electron chi connectivity index (χ1n) is 6.77. The largest absolute Gasteiger partial charge is 0.300 e. The molecule has 2 saturated heterocycles.